The molecule has 0 aliphatic carbocycles. The van der Waals surface area contributed by atoms with Crippen molar-refractivity contribution in [3.8, 4) is 0 Å². The van der Waals surface area contributed by atoms with E-state index in [1.54, 1.807) is 0 Å². The van der Waals surface area contributed by atoms with E-state index in [-0.39, 0.29) is 22.0 Å². The molecule has 0 aromatic heterocycles. The van der Waals surface area contributed by atoms with Gasteiger partial charge in [0.15, 0.2) is 5.82 Å². The number of carbonyl (C=O) groups is 1. The number of fused-ring (bicyclic) bond motifs is 1. The molecule has 6 heteroatoms. The quantitative estimate of drug-likeness (QED) is 0.816. The summed E-state index contributed by atoms with van der Waals surface area (Å²) in [5, 5.41) is 5.58. The molecule has 1 aliphatic heterocycles. The molecule has 1 amide bonds. The zero-order valence-corrected chi connectivity index (χ0v) is 12.3. The smallest absolute Gasteiger partial charge is 0.247 e. The van der Waals surface area contributed by atoms with Crippen LogP contribution in [0.1, 0.15) is 5.56 Å². The Bertz CT molecular complexity index is 673. The SMILES string of the molecule is O=C(Nc1cc(Cl)c(F)c(Cl)c1)[C@@H]1Cc2ccccc2N1. The van der Waals surface area contributed by atoms with E-state index >= 15 is 0 Å². The Morgan fingerprint density at radius 3 is 2.57 bits per heavy atom. The molecule has 0 bridgehead atoms. The van der Waals surface area contributed by atoms with Gasteiger partial charge in [-0.15, -0.1) is 0 Å². The lowest BCUT2D eigenvalue weighted by Crippen LogP contribution is -2.32. The molecule has 0 saturated heterocycles. The lowest BCUT2D eigenvalue weighted by atomic mass is 10.1. The molecule has 3 rings (SSSR count). The van der Waals surface area contributed by atoms with Crippen molar-refractivity contribution < 1.29 is 9.18 Å². The number of hydrogen-bond donors (Lipinski definition) is 2. The van der Waals surface area contributed by atoms with Crippen LogP contribution in [0.4, 0.5) is 15.8 Å². The van der Waals surface area contributed by atoms with Crippen LogP contribution in [-0.2, 0) is 11.2 Å². The van der Waals surface area contributed by atoms with Gasteiger partial charge in [-0.3, -0.25) is 4.79 Å². The van der Waals surface area contributed by atoms with E-state index < -0.39 is 5.82 Å². The van der Waals surface area contributed by atoms with Gasteiger partial charge >= 0.3 is 0 Å². The van der Waals surface area contributed by atoms with Crippen LogP contribution >= 0.6 is 23.2 Å². The Morgan fingerprint density at radius 1 is 1.24 bits per heavy atom. The first kappa shape index (κ1) is 14.2. The number of carbonyl (C=O) groups excluding carboxylic acids is 1. The minimum Gasteiger partial charge on any atom is -0.373 e. The molecule has 2 N–H and O–H groups in total. The van der Waals surface area contributed by atoms with E-state index in [0.29, 0.717) is 12.1 Å². The Morgan fingerprint density at radius 2 is 1.90 bits per heavy atom. The van der Waals surface area contributed by atoms with Crippen molar-refractivity contribution in [1.29, 1.82) is 0 Å². The maximum absolute atomic E-state index is 13.3. The van der Waals surface area contributed by atoms with Crippen LogP contribution in [0.5, 0.6) is 0 Å². The molecule has 108 valence electrons. The number of anilines is 2. The summed E-state index contributed by atoms with van der Waals surface area (Å²) in [6.45, 7) is 0. The number of halogens is 3. The van der Waals surface area contributed by atoms with Gasteiger partial charge in [0.25, 0.3) is 0 Å². The highest BCUT2D eigenvalue weighted by Gasteiger charge is 2.26. The number of nitrogens with one attached hydrogen (secondary N) is 2. The molecule has 0 saturated carbocycles. The highest BCUT2D eigenvalue weighted by Crippen LogP contribution is 2.29. The summed E-state index contributed by atoms with van der Waals surface area (Å²) in [6, 6.07) is 10.0. The van der Waals surface area contributed by atoms with Gasteiger partial charge in [-0.2, -0.15) is 0 Å². The van der Waals surface area contributed by atoms with Crippen LogP contribution in [0.3, 0.4) is 0 Å². The second-order valence-electron chi connectivity index (χ2n) is 4.80. The van der Waals surface area contributed by atoms with Crippen molar-refractivity contribution in [3.63, 3.8) is 0 Å². The number of amides is 1. The first-order chi connectivity index (χ1) is 10.0. The minimum absolute atomic E-state index is 0.125. The molecule has 1 heterocycles. The summed E-state index contributed by atoms with van der Waals surface area (Å²) in [7, 11) is 0. The molecule has 0 fully saturated rings. The summed E-state index contributed by atoms with van der Waals surface area (Å²) in [6.07, 6.45) is 0.602. The van der Waals surface area contributed by atoms with Crippen LogP contribution in [0.2, 0.25) is 10.0 Å². The predicted molar refractivity (Wildman–Crippen MR) is 82.6 cm³/mol. The molecular weight excluding hydrogens is 314 g/mol. The van der Waals surface area contributed by atoms with E-state index in [4.69, 9.17) is 23.2 Å². The highest BCUT2D eigenvalue weighted by atomic mass is 35.5. The normalized spacial score (nSPS) is 16.2. The number of hydrogen-bond acceptors (Lipinski definition) is 2. The molecule has 0 unspecified atom stereocenters. The largest absolute Gasteiger partial charge is 0.373 e. The van der Waals surface area contributed by atoms with Crippen molar-refractivity contribution in [2.75, 3.05) is 10.6 Å². The second kappa shape index (κ2) is 5.54. The standard InChI is InChI=1S/C15H11Cl2FN2O/c16-10-6-9(7-11(17)14(10)18)19-15(21)13-5-8-3-1-2-4-12(8)20-13/h1-4,6-7,13,20H,5H2,(H,19,21)/t13-/m0/s1. The van der Waals surface area contributed by atoms with Crippen molar-refractivity contribution >= 4 is 40.5 Å². The Balaban J connectivity index is 1.74. The molecule has 21 heavy (non-hydrogen) atoms. The Kier molecular flexibility index (Phi) is 3.74. The van der Waals surface area contributed by atoms with Gasteiger partial charge in [0.05, 0.1) is 10.0 Å². The van der Waals surface area contributed by atoms with Gasteiger partial charge in [-0.1, -0.05) is 41.4 Å². The Labute approximate surface area is 131 Å². The molecule has 1 atom stereocenters. The molecule has 2 aromatic rings. The second-order valence-corrected chi connectivity index (χ2v) is 5.62. The maximum Gasteiger partial charge on any atom is 0.247 e. The third-order valence-electron chi connectivity index (χ3n) is 3.34. The van der Waals surface area contributed by atoms with Gasteiger partial charge in [-0.25, -0.2) is 4.39 Å². The van der Waals surface area contributed by atoms with Gasteiger partial charge in [0.1, 0.15) is 6.04 Å². The monoisotopic (exact) mass is 324 g/mol. The average Bonchev–Trinajstić information content (AvgIpc) is 2.88. The zero-order chi connectivity index (χ0) is 15.0. The molecular formula is C15H11Cl2FN2O. The van der Waals surface area contributed by atoms with Crippen molar-refractivity contribution in [1.82, 2.24) is 0 Å². The summed E-state index contributed by atoms with van der Waals surface area (Å²) in [4.78, 5) is 12.2. The fourth-order valence-electron chi connectivity index (χ4n) is 2.31. The van der Waals surface area contributed by atoms with Crippen LogP contribution in [0.25, 0.3) is 0 Å². The first-order valence-electron chi connectivity index (χ1n) is 6.34. The molecule has 3 nitrogen and oxygen atoms in total. The maximum atomic E-state index is 13.3. The summed E-state index contributed by atoms with van der Waals surface area (Å²) < 4.78 is 13.3. The summed E-state index contributed by atoms with van der Waals surface area (Å²) >= 11 is 11.4. The lowest BCUT2D eigenvalue weighted by Gasteiger charge is -2.12. The number of rotatable bonds is 2. The molecule has 1 aliphatic rings. The third kappa shape index (κ3) is 2.82. The molecule has 0 spiro atoms. The fraction of sp³-hybridized carbons (Fsp3) is 0.133. The molecule has 2 aromatic carbocycles. The van der Waals surface area contributed by atoms with Gasteiger partial charge in [0.2, 0.25) is 5.91 Å². The van der Waals surface area contributed by atoms with Crippen LogP contribution in [-0.4, -0.2) is 11.9 Å². The van der Waals surface area contributed by atoms with Crippen LogP contribution in [0, 0.1) is 5.82 Å². The number of benzene rings is 2. The van der Waals surface area contributed by atoms with Crippen molar-refractivity contribution in [2.24, 2.45) is 0 Å². The third-order valence-corrected chi connectivity index (χ3v) is 3.89. The van der Waals surface area contributed by atoms with Crippen molar-refractivity contribution in [2.45, 2.75) is 12.5 Å². The lowest BCUT2D eigenvalue weighted by molar-refractivity contribution is -0.116. The average molecular weight is 325 g/mol. The van der Waals surface area contributed by atoms with E-state index in [1.165, 1.54) is 12.1 Å². The summed E-state index contributed by atoms with van der Waals surface area (Å²) in [5.74, 6) is -0.910. The topological polar surface area (TPSA) is 41.1 Å². The predicted octanol–water partition coefficient (Wildman–Crippen LogP) is 4.11. The van der Waals surface area contributed by atoms with Gasteiger partial charge < -0.3 is 10.6 Å². The zero-order valence-electron chi connectivity index (χ0n) is 10.8. The van der Waals surface area contributed by atoms with E-state index in [2.05, 4.69) is 10.6 Å². The van der Waals surface area contributed by atoms with Crippen molar-refractivity contribution in [3.05, 3.63) is 57.8 Å². The number of para-hydroxylation sites is 1. The van der Waals surface area contributed by atoms with Crippen LogP contribution in [0.15, 0.2) is 36.4 Å². The fourth-order valence-corrected chi connectivity index (χ4v) is 2.80. The van der Waals surface area contributed by atoms with Gasteiger partial charge in [-0.05, 0) is 23.8 Å². The van der Waals surface area contributed by atoms with E-state index in [0.717, 1.165) is 11.3 Å². The van der Waals surface area contributed by atoms with Crippen LogP contribution < -0.4 is 10.6 Å². The van der Waals surface area contributed by atoms with Gasteiger partial charge in [0, 0.05) is 17.8 Å². The minimum atomic E-state index is -0.692. The highest BCUT2D eigenvalue weighted by molar-refractivity contribution is 6.35. The first-order valence-corrected chi connectivity index (χ1v) is 7.10. The molecule has 0 radical (unpaired) electrons. The van der Waals surface area contributed by atoms with E-state index in [9.17, 15) is 9.18 Å². The Hall–Kier alpha value is -1.78. The van der Waals surface area contributed by atoms with E-state index in [1.807, 2.05) is 24.3 Å². The summed E-state index contributed by atoms with van der Waals surface area (Å²) in [5.41, 5.74) is 2.41.